The Hall–Kier alpha value is -0.340. The third-order valence-electron chi connectivity index (χ3n) is 2.90. The molecule has 0 saturated heterocycles. The molecule has 1 aromatic heterocycles. The van der Waals surface area contributed by atoms with E-state index in [1.165, 1.54) is 18.4 Å². The van der Waals surface area contributed by atoms with Crippen molar-refractivity contribution in [3.05, 3.63) is 22.4 Å². The van der Waals surface area contributed by atoms with Crippen LogP contribution in [0.4, 0.5) is 0 Å². The lowest BCUT2D eigenvalue weighted by Crippen LogP contribution is -2.41. The van der Waals surface area contributed by atoms with Gasteiger partial charge in [0.2, 0.25) is 0 Å². The minimum Gasteiger partial charge on any atom is -0.307 e. The first-order valence-corrected chi connectivity index (χ1v) is 5.98. The van der Waals surface area contributed by atoms with E-state index in [1.807, 2.05) is 0 Å². The first-order chi connectivity index (χ1) is 6.25. The van der Waals surface area contributed by atoms with E-state index in [0.717, 1.165) is 12.0 Å². The molecule has 1 N–H and O–H groups in total. The molecule has 1 heterocycles. The highest BCUT2D eigenvalue weighted by atomic mass is 32.1. The third-order valence-corrected chi connectivity index (χ3v) is 3.60. The molecule has 0 aliphatic heterocycles. The second kappa shape index (κ2) is 3.81. The predicted molar refractivity (Wildman–Crippen MR) is 58.1 cm³/mol. The monoisotopic (exact) mass is 195 g/mol. The van der Waals surface area contributed by atoms with Crippen molar-refractivity contribution in [2.45, 2.75) is 38.8 Å². The average molecular weight is 195 g/mol. The van der Waals surface area contributed by atoms with E-state index in [9.17, 15) is 0 Å². The zero-order valence-electron chi connectivity index (χ0n) is 8.29. The van der Waals surface area contributed by atoms with Gasteiger partial charge in [0.05, 0.1) is 0 Å². The zero-order valence-corrected chi connectivity index (χ0v) is 9.10. The summed E-state index contributed by atoms with van der Waals surface area (Å²) < 4.78 is 0. The Kier molecular flexibility index (Phi) is 2.70. The van der Waals surface area contributed by atoms with Gasteiger partial charge in [0.1, 0.15) is 0 Å². The van der Waals surface area contributed by atoms with Crippen LogP contribution in [0.5, 0.6) is 0 Å². The number of rotatable bonds is 3. The predicted octanol–water partition coefficient (Wildman–Crippen LogP) is 3.20. The molecule has 1 atom stereocenters. The van der Waals surface area contributed by atoms with Crippen molar-refractivity contribution in [2.75, 3.05) is 0 Å². The summed E-state index contributed by atoms with van der Waals surface area (Å²) in [5, 5.41) is 8.04. The van der Waals surface area contributed by atoms with Crippen molar-refractivity contribution < 1.29 is 0 Å². The molecule has 13 heavy (non-hydrogen) atoms. The fourth-order valence-electron chi connectivity index (χ4n) is 2.01. The molecule has 0 spiro atoms. The fraction of sp³-hybridized carbons (Fsp3) is 0.636. The van der Waals surface area contributed by atoms with Crippen LogP contribution in [0.25, 0.3) is 0 Å². The van der Waals surface area contributed by atoms with Crippen LogP contribution < -0.4 is 5.32 Å². The molecule has 1 aliphatic rings. The summed E-state index contributed by atoms with van der Waals surface area (Å²) in [6.45, 7) is 4.58. The summed E-state index contributed by atoms with van der Waals surface area (Å²) in [5.41, 5.74) is 1.43. The highest BCUT2D eigenvalue weighted by Crippen LogP contribution is 2.28. The van der Waals surface area contributed by atoms with E-state index >= 15 is 0 Å². The van der Waals surface area contributed by atoms with Crippen molar-refractivity contribution in [1.29, 1.82) is 0 Å². The highest BCUT2D eigenvalue weighted by molar-refractivity contribution is 7.07. The lowest BCUT2D eigenvalue weighted by molar-refractivity contribution is 0.226. The Balaban J connectivity index is 1.82. The van der Waals surface area contributed by atoms with Crippen LogP contribution in [0.1, 0.15) is 38.3 Å². The molecule has 1 unspecified atom stereocenters. The van der Waals surface area contributed by atoms with Crippen LogP contribution in [0.3, 0.4) is 0 Å². The van der Waals surface area contributed by atoms with Crippen LogP contribution >= 0.6 is 11.3 Å². The van der Waals surface area contributed by atoms with Crippen molar-refractivity contribution in [3.63, 3.8) is 0 Å². The van der Waals surface area contributed by atoms with Crippen molar-refractivity contribution in [1.82, 2.24) is 5.32 Å². The van der Waals surface area contributed by atoms with Crippen molar-refractivity contribution in [2.24, 2.45) is 5.92 Å². The van der Waals surface area contributed by atoms with Gasteiger partial charge < -0.3 is 5.32 Å². The van der Waals surface area contributed by atoms with Crippen LogP contribution in [0.15, 0.2) is 16.8 Å². The van der Waals surface area contributed by atoms with E-state index in [1.54, 1.807) is 11.3 Å². The summed E-state index contributed by atoms with van der Waals surface area (Å²) >= 11 is 1.78. The standard InChI is InChI=1S/C11H17NS/c1-8-5-11(6-8)12-9(2)10-3-4-13-7-10/h3-4,7-9,11-12H,5-6H2,1-2H3. The molecule has 0 aromatic carbocycles. The Bertz CT molecular complexity index is 249. The maximum Gasteiger partial charge on any atom is 0.0302 e. The van der Waals surface area contributed by atoms with Gasteiger partial charge in [-0.1, -0.05) is 6.92 Å². The largest absolute Gasteiger partial charge is 0.307 e. The van der Waals surface area contributed by atoms with E-state index in [-0.39, 0.29) is 0 Å². The molecular formula is C11H17NS. The molecule has 1 fully saturated rings. The van der Waals surface area contributed by atoms with Crippen LogP contribution in [0, 0.1) is 5.92 Å². The number of hydrogen-bond donors (Lipinski definition) is 1. The molecule has 1 aromatic rings. The second-order valence-corrected chi connectivity index (χ2v) is 5.00. The number of thiophene rings is 1. The van der Waals surface area contributed by atoms with Crippen LogP contribution in [-0.4, -0.2) is 6.04 Å². The topological polar surface area (TPSA) is 12.0 Å². The molecule has 1 saturated carbocycles. The minimum atomic E-state index is 0.531. The fourth-order valence-corrected chi connectivity index (χ4v) is 2.76. The molecule has 2 rings (SSSR count). The van der Waals surface area contributed by atoms with Gasteiger partial charge in [-0.05, 0) is 48.1 Å². The van der Waals surface area contributed by atoms with Gasteiger partial charge in [0.15, 0.2) is 0 Å². The molecule has 72 valence electrons. The first-order valence-electron chi connectivity index (χ1n) is 5.04. The molecule has 0 radical (unpaired) electrons. The Morgan fingerprint density at radius 2 is 2.31 bits per heavy atom. The van der Waals surface area contributed by atoms with Gasteiger partial charge in [-0.15, -0.1) is 0 Å². The van der Waals surface area contributed by atoms with E-state index < -0.39 is 0 Å². The van der Waals surface area contributed by atoms with E-state index in [0.29, 0.717) is 6.04 Å². The first kappa shape index (κ1) is 9.22. The molecular weight excluding hydrogens is 178 g/mol. The van der Waals surface area contributed by atoms with Gasteiger partial charge in [-0.3, -0.25) is 0 Å². The normalized spacial score (nSPS) is 29.7. The van der Waals surface area contributed by atoms with Gasteiger partial charge >= 0.3 is 0 Å². The Morgan fingerprint density at radius 3 is 2.85 bits per heavy atom. The van der Waals surface area contributed by atoms with Gasteiger partial charge in [-0.2, -0.15) is 11.3 Å². The average Bonchev–Trinajstić information content (AvgIpc) is 2.53. The summed E-state index contributed by atoms with van der Waals surface area (Å²) in [6.07, 6.45) is 2.71. The van der Waals surface area contributed by atoms with E-state index in [2.05, 4.69) is 36.0 Å². The molecule has 0 bridgehead atoms. The number of hydrogen-bond acceptors (Lipinski definition) is 2. The van der Waals surface area contributed by atoms with Crippen molar-refractivity contribution >= 4 is 11.3 Å². The molecule has 2 heteroatoms. The molecule has 0 amide bonds. The maximum atomic E-state index is 3.66. The second-order valence-electron chi connectivity index (χ2n) is 4.22. The van der Waals surface area contributed by atoms with Crippen molar-refractivity contribution in [3.8, 4) is 0 Å². The van der Waals surface area contributed by atoms with Crippen LogP contribution in [0.2, 0.25) is 0 Å². The van der Waals surface area contributed by atoms with Gasteiger partial charge in [0, 0.05) is 12.1 Å². The molecule has 1 nitrogen and oxygen atoms in total. The van der Waals surface area contributed by atoms with Gasteiger partial charge in [-0.25, -0.2) is 0 Å². The maximum absolute atomic E-state index is 3.66. The summed E-state index contributed by atoms with van der Waals surface area (Å²) in [6, 6.07) is 3.51. The lowest BCUT2D eigenvalue weighted by atomic mass is 9.81. The Labute approximate surface area is 84.2 Å². The summed E-state index contributed by atoms with van der Waals surface area (Å²) in [5.74, 6) is 0.937. The third kappa shape index (κ3) is 2.12. The highest BCUT2D eigenvalue weighted by Gasteiger charge is 2.26. The summed E-state index contributed by atoms with van der Waals surface area (Å²) in [7, 11) is 0. The Morgan fingerprint density at radius 1 is 1.54 bits per heavy atom. The molecule has 1 aliphatic carbocycles. The minimum absolute atomic E-state index is 0.531. The quantitative estimate of drug-likeness (QED) is 0.781. The lowest BCUT2D eigenvalue weighted by Gasteiger charge is -2.35. The summed E-state index contributed by atoms with van der Waals surface area (Å²) in [4.78, 5) is 0. The zero-order chi connectivity index (χ0) is 9.26. The van der Waals surface area contributed by atoms with E-state index in [4.69, 9.17) is 0 Å². The number of nitrogens with one attached hydrogen (secondary N) is 1. The smallest absolute Gasteiger partial charge is 0.0302 e. The van der Waals surface area contributed by atoms with Crippen LogP contribution in [-0.2, 0) is 0 Å². The van der Waals surface area contributed by atoms with Gasteiger partial charge in [0.25, 0.3) is 0 Å². The SMILES string of the molecule is CC1CC(NC(C)c2ccsc2)C1.